The molecule has 0 spiro atoms. The smallest absolute Gasteiger partial charge is 0.326 e. The number of aliphatic carboxylic acids is 2. The maximum atomic E-state index is 12.4. The number of nitrogens with two attached hydrogens (primary N) is 3. The lowest BCUT2D eigenvalue weighted by molar-refractivity contribution is -0.142. The fraction of sp³-hybridized carbons (Fsp3) is 0.667. The van der Waals surface area contributed by atoms with Gasteiger partial charge in [0.15, 0.2) is 5.96 Å². The van der Waals surface area contributed by atoms with E-state index in [2.05, 4.69) is 20.9 Å². The van der Waals surface area contributed by atoms with Crippen molar-refractivity contribution in [2.75, 3.05) is 13.1 Å². The van der Waals surface area contributed by atoms with Crippen molar-refractivity contribution >= 4 is 35.6 Å². The van der Waals surface area contributed by atoms with Gasteiger partial charge in [-0.3, -0.25) is 24.2 Å². The van der Waals surface area contributed by atoms with E-state index in [4.69, 9.17) is 22.3 Å². The lowest BCUT2D eigenvalue weighted by Gasteiger charge is -2.23. The molecule has 14 nitrogen and oxygen atoms in total. The van der Waals surface area contributed by atoms with Crippen LogP contribution in [0.1, 0.15) is 39.5 Å². The number of aliphatic imine (C=N–C) groups is 1. The van der Waals surface area contributed by atoms with Crippen LogP contribution in [0.25, 0.3) is 0 Å². The maximum Gasteiger partial charge on any atom is 0.326 e. The van der Waals surface area contributed by atoms with Crippen LogP contribution in [0.4, 0.5) is 0 Å². The molecule has 0 aromatic rings. The number of carboxylic acids is 2. The van der Waals surface area contributed by atoms with Crippen LogP contribution in [0.15, 0.2) is 4.99 Å². The molecule has 0 saturated carbocycles. The number of nitrogens with zero attached hydrogens (tertiary/aromatic N) is 1. The fourth-order valence-corrected chi connectivity index (χ4v) is 2.49. The molecular weight excluding hydrogens is 426 g/mol. The van der Waals surface area contributed by atoms with Crippen LogP contribution in [0, 0.1) is 5.92 Å². The Morgan fingerprint density at radius 3 is 2.09 bits per heavy atom. The van der Waals surface area contributed by atoms with Crippen LogP contribution in [0.5, 0.6) is 0 Å². The van der Waals surface area contributed by atoms with E-state index in [0.29, 0.717) is 6.42 Å². The van der Waals surface area contributed by atoms with E-state index in [9.17, 15) is 29.1 Å². The van der Waals surface area contributed by atoms with E-state index in [1.54, 1.807) is 13.8 Å². The summed E-state index contributed by atoms with van der Waals surface area (Å²) in [4.78, 5) is 62.2. The van der Waals surface area contributed by atoms with Crippen LogP contribution >= 0.6 is 0 Å². The minimum absolute atomic E-state index is 0.0741. The van der Waals surface area contributed by atoms with E-state index in [0.717, 1.165) is 0 Å². The number of guanidine groups is 1. The predicted octanol–water partition coefficient (Wildman–Crippen LogP) is -2.94. The van der Waals surface area contributed by atoms with E-state index in [1.165, 1.54) is 0 Å². The van der Waals surface area contributed by atoms with Gasteiger partial charge in [0.05, 0.1) is 12.6 Å². The van der Waals surface area contributed by atoms with Crippen molar-refractivity contribution in [1.29, 1.82) is 0 Å². The Hall–Kier alpha value is -3.42. The van der Waals surface area contributed by atoms with E-state index in [-0.39, 0.29) is 37.7 Å². The summed E-state index contributed by atoms with van der Waals surface area (Å²) in [6.45, 7) is 3.00. The quantitative estimate of drug-likeness (QED) is 0.0702. The Bertz CT molecular complexity index is 708. The average molecular weight is 460 g/mol. The number of nitrogens with one attached hydrogen (secondary N) is 3. The largest absolute Gasteiger partial charge is 0.481 e. The molecule has 32 heavy (non-hydrogen) atoms. The van der Waals surface area contributed by atoms with Crippen molar-refractivity contribution in [3.05, 3.63) is 0 Å². The van der Waals surface area contributed by atoms with E-state index >= 15 is 0 Å². The summed E-state index contributed by atoms with van der Waals surface area (Å²) in [5.41, 5.74) is 16.0. The minimum Gasteiger partial charge on any atom is -0.481 e. The van der Waals surface area contributed by atoms with Crippen molar-refractivity contribution in [3.8, 4) is 0 Å². The second-order valence-electron chi connectivity index (χ2n) is 7.39. The van der Waals surface area contributed by atoms with Gasteiger partial charge in [-0.1, -0.05) is 13.8 Å². The van der Waals surface area contributed by atoms with Crippen LogP contribution < -0.4 is 33.2 Å². The molecule has 11 N–H and O–H groups in total. The number of rotatable bonds is 15. The Morgan fingerprint density at radius 2 is 1.59 bits per heavy atom. The number of carbonyl (C=O) groups is 5. The molecule has 0 rings (SSSR count). The average Bonchev–Trinajstić information content (AvgIpc) is 2.69. The second-order valence-corrected chi connectivity index (χ2v) is 7.39. The first-order chi connectivity index (χ1) is 14.8. The van der Waals surface area contributed by atoms with Crippen molar-refractivity contribution in [1.82, 2.24) is 16.0 Å². The summed E-state index contributed by atoms with van der Waals surface area (Å²) >= 11 is 0. The number of carboxylic acid groups (broad SMARTS) is 2. The topological polar surface area (TPSA) is 252 Å². The number of hydrogen-bond donors (Lipinski definition) is 8. The van der Waals surface area contributed by atoms with Gasteiger partial charge in [0.2, 0.25) is 17.7 Å². The number of carbonyl (C=O) groups excluding carboxylic acids is 3. The van der Waals surface area contributed by atoms with Gasteiger partial charge in [0.25, 0.3) is 0 Å². The van der Waals surface area contributed by atoms with E-state index < -0.39 is 54.3 Å². The third-order valence-electron chi connectivity index (χ3n) is 4.25. The van der Waals surface area contributed by atoms with Gasteiger partial charge in [-0.25, -0.2) is 4.79 Å². The summed E-state index contributed by atoms with van der Waals surface area (Å²) in [7, 11) is 0. The fourth-order valence-electron chi connectivity index (χ4n) is 2.49. The first-order valence-corrected chi connectivity index (χ1v) is 9.98. The van der Waals surface area contributed by atoms with Crippen LogP contribution in [0.3, 0.4) is 0 Å². The molecule has 0 bridgehead atoms. The zero-order chi connectivity index (χ0) is 24.8. The highest BCUT2D eigenvalue weighted by atomic mass is 16.4. The van der Waals surface area contributed by atoms with Gasteiger partial charge in [-0.05, 0) is 25.2 Å². The molecule has 182 valence electrons. The highest BCUT2D eigenvalue weighted by Gasteiger charge is 2.27. The lowest BCUT2D eigenvalue weighted by atomic mass is 10.0. The summed E-state index contributed by atoms with van der Waals surface area (Å²) < 4.78 is 0. The van der Waals surface area contributed by atoms with Crippen LogP contribution in [-0.4, -0.2) is 77.0 Å². The molecule has 0 fully saturated rings. The molecule has 0 heterocycles. The maximum absolute atomic E-state index is 12.4. The molecule has 0 aliphatic carbocycles. The van der Waals surface area contributed by atoms with Gasteiger partial charge < -0.3 is 43.4 Å². The summed E-state index contributed by atoms with van der Waals surface area (Å²) in [5.74, 6) is -4.95. The molecule has 0 saturated heterocycles. The molecule has 3 atom stereocenters. The van der Waals surface area contributed by atoms with Gasteiger partial charge in [0.1, 0.15) is 12.1 Å². The summed E-state index contributed by atoms with van der Waals surface area (Å²) in [6, 6.07) is -3.33. The van der Waals surface area contributed by atoms with Crippen molar-refractivity contribution in [2.45, 2.75) is 57.7 Å². The predicted molar refractivity (Wildman–Crippen MR) is 114 cm³/mol. The molecular formula is C18H33N7O7. The van der Waals surface area contributed by atoms with Crippen LogP contribution in [-0.2, 0) is 24.0 Å². The number of amides is 3. The summed E-state index contributed by atoms with van der Waals surface area (Å²) in [5, 5.41) is 24.9. The zero-order valence-corrected chi connectivity index (χ0v) is 18.2. The molecule has 0 aromatic carbocycles. The minimum atomic E-state index is -1.25. The Kier molecular flexibility index (Phi) is 13.0. The Balaban J connectivity index is 4.72. The van der Waals surface area contributed by atoms with Crippen molar-refractivity contribution < 1.29 is 34.2 Å². The highest BCUT2D eigenvalue weighted by Crippen LogP contribution is 2.04. The van der Waals surface area contributed by atoms with E-state index in [1.807, 2.05) is 0 Å². The normalized spacial score (nSPS) is 13.4. The molecule has 0 aliphatic rings. The first-order valence-electron chi connectivity index (χ1n) is 9.98. The molecule has 3 unspecified atom stereocenters. The van der Waals surface area contributed by atoms with Gasteiger partial charge >= 0.3 is 11.9 Å². The first kappa shape index (κ1) is 28.6. The second kappa shape index (κ2) is 14.6. The Labute approximate surface area is 185 Å². The zero-order valence-electron chi connectivity index (χ0n) is 18.2. The third kappa shape index (κ3) is 12.3. The van der Waals surface area contributed by atoms with Gasteiger partial charge in [-0.15, -0.1) is 0 Å². The van der Waals surface area contributed by atoms with Gasteiger partial charge in [-0.2, -0.15) is 0 Å². The number of hydrogen-bond acceptors (Lipinski definition) is 7. The van der Waals surface area contributed by atoms with Crippen LogP contribution in [0.2, 0.25) is 0 Å². The third-order valence-corrected chi connectivity index (χ3v) is 4.25. The lowest BCUT2D eigenvalue weighted by Crippen LogP contribution is -2.55. The molecule has 0 radical (unpaired) electrons. The molecule has 0 aliphatic heterocycles. The monoisotopic (exact) mass is 459 g/mol. The molecule has 0 aromatic heterocycles. The standard InChI is InChI=1S/C18H33N7O7/c1-9(2)14(25-15(29)10(19)5-6-13(27)28)16(30)23-8-12(26)24-11(17(31)32)4-3-7-22-18(20)21/h9-11,14H,3-8,19H2,1-2H3,(H,23,30)(H,24,26)(H,25,29)(H,27,28)(H,31,32)(H4,20,21,22). The SMILES string of the molecule is CC(C)C(NC(=O)C(N)CCC(=O)O)C(=O)NCC(=O)NC(CCCN=C(N)N)C(=O)O. The van der Waals surface area contributed by atoms with Crippen molar-refractivity contribution in [2.24, 2.45) is 28.1 Å². The highest BCUT2D eigenvalue weighted by molar-refractivity contribution is 5.92. The van der Waals surface area contributed by atoms with Gasteiger partial charge in [0, 0.05) is 13.0 Å². The summed E-state index contributed by atoms with van der Waals surface area (Å²) in [6.07, 6.45) is -0.0183. The van der Waals surface area contributed by atoms with Crippen molar-refractivity contribution in [3.63, 3.8) is 0 Å². The Morgan fingerprint density at radius 1 is 0.969 bits per heavy atom. The molecule has 3 amide bonds. The molecule has 14 heteroatoms.